The van der Waals surface area contributed by atoms with Crippen LogP contribution in [0, 0.1) is 0 Å². The lowest BCUT2D eigenvalue weighted by Gasteiger charge is -2.06. The lowest BCUT2D eigenvalue weighted by Crippen LogP contribution is -2.26. The van der Waals surface area contributed by atoms with Crippen molar-refractivity contribution in [3.05, 3.63) is 59.0 Å². The average Bonchev–Trinajstić information content (AvgIpc) is 2.99. The molecular formula is C15H14ClNO4. The monoisotopic (exact) mass is 307 g/mol. The molecule has 0 saturated heterocycles. The van der Waals surface area contributed by atoms with Gasteiger partial charge in [0.15, 0.2) is 5.76 Å². The predicted molar refractivity (Wildman–Crippen MR) is 76.9 cm³/mol. The second-order valence-electron chi connectivity index (χ2n) is 4.27. The van der Waals surface area contributed by atoms with Crippen LogP contribution in [-0.2, 0) is 16.1 Å². The van der Waals surface area contributed by atoms with Crippen molar-refractivity contribution < 1.29 is 18.7 Å². The zero-order valence-corrected chi connectivity index (χ0v) is 11.9. The van der Waals surface area contributed by atoms with Crippen LogP contribution in [0.3, 0.4) is 0 Å². The number of amides is 1. The number of rotatable bonds is 6. The maximum Gasteiger partial charge on any atom is 0.307 e. The van der Waals surface area contributed by atoms with E-state index in [1.807, 2.05) is 6.07 Å². The van der Waals surface area contributed by atoms with E-state index in [0.717, 1.165) is 5.56 Å². The fraction of sp³-hybridized carbons (Fsp3) is 0.200. The smallest absolute Gasteiger partial charge is 0.307 e. The topological polar surface area (TPSA) is 68.5 Å². The zero-order chi connectivity index (χ0) is 15.1. The van der Waals surface area contributed by atoms with Gasteiger partial charge in [0.2, 0.25) is 0 Å². The van der Waals surface area contributed by atoms with Gasteiger partial charge in [0.25, 0.3) is 5.91 Å². The molecule has 5 nitrogen and oxygen atoms in total. The maximum atomic E-state index is 11.5. The largest absolute Gasteiger partial charge is 0.461 e. The summed E-state index contributed by atoms with van der Waals surface area (Å²) in [6.07, 6.45) is 1.50. The van der Waals surface area contributed by atoms with Gasteiger partial charge in [-0.1, -0.05) is 23.7 Å². The predicted octanol–water partition coefficient (Wildman–Crippen LogP) is 2.80. The average molecular weight is 308 g/mol. The summed E-state index contributed by atoms with van der Waals surface area (Å²) in [5.74, 6) is -0.542. The van der Waals surface area contributed by atoms with Gasteiger partial charge in [-0.05, 0) is 29.8 Å². The highest BCUT2D eigenvalue weighted by molar-refractivity contribution is 6.30. The summed E-state index contributed by atoms with van der Waals surface area (Å²) < 4.78 is 10.0. The van der Waals surface area contributed by atoms with Gasteiger partial charge >= 0.3 is 5.97 Å². The molecule has 0 saturated carbocycles. The molecule has 110 valence electrons. The Kier molecular flexibility index (Phi) is 5.40. The molecule has 6 heteroatoms. The molecule has 0 atom stereocenters. The quantitative estimate of drug-likeness (QED) is 0.833. The summed E-state index contributed by atoms with van der Waals surface area (Å²) in [7, 11) is 0. The minimum atomic E-state index is -0.394. The van der Waals surface area contributed by atoms with E-state index in [-0.39, 0.29) is 31.2 Å². The van der Waals surface area contributed by atoms with Gasteiger partial charge < -0.3 is 14.5 Å². The standard InChI is InChI=1S/C15H14ClNO4/c16-12-4-1-3-11(9-12)10-21-14(18)6-7-17-15(19)13-5-2-8-20-13/h1-5,8-9H,6-7,10H2,(H,17,19). The molecule has 0 spiro atoms. The Morgan fingerprint density at radius 2 is 2.10 bits per heavy atom. The zero-order valence-electron chi connectivity index (χ0n) is 11.2. The fourth-order valence-corrected chi connectivity index (χ4v) is 1.85. The van der Waals surface area contributed by atoms with E-state index in [1.54, 1.807) is 30.3 Å². The minimum Gasteiger partial charge on any atom is -0.461 e. The third kappa shape index (κ3) is 4.96. The number of carbonyl (C=O) groups excluding carboxylic acids is 2. The van der Waals surface area contributed by atoms with Crippen molar-refractivity contribution in [3.8, 4) is 0 Å². The van der Waals surface area contributed by atoms with E-state index < -0.39 is 5.97 Å². The van der Waals surface area contributed by atoms with Crippen molar-refractivity contribution in [2.24, 2.45) is 0 Å². The van der Waals surface area contributed by atoms with Gasteiger partial charge in [-0.15, -0.1) is 0 Å². The first-order valence-corrected chi connectivity index (χ1v) is 6.75. The van der Waals surface area contributed by atoms with E-state index in [2.05, 4.69) is 5.32 Å². The molecule has 0 radical (unpaired) electrons. The van der Waals surface area contributed by atoms with Crippen LogP contribution >= 0.6 is 11.6 Å². The molecule has 0 aliphatic heterocycles. The lowest BCUT2D eigenvalue weighted by atomic mass is 10.2. The molecule has 1 amide bonds. The first-order valence-electron chi connectivity index (χ1n) is 6.37. The number of hydrogen-bond acceptors (Lipinski definition) is 4. The van der Waals surface area contributed by atoms with Gasteiger partial charge in [0, 0.05) is 11.6 Å². The number of halogens is 1. The number of furan rings is 1. The van der Waals surface area contributed by atoms with E-state index in [1.165, 1.54) is 6.26 Å². The molecular weight excluding hydrogens is 294 g/mol. The van der Waals surface area contributed by atoms with Crippen LogP contribution in [0.5, 0.6) is 0 Å². The SMILES string of the molecule is O=C(CCNC(=O)c1ccco1)OCc1cccc(Cl)c1. The van der Waals surface area contributed by atoms with Crippen molar-refractivity contribution in [1.29, 1.82) is 0 Å². The van der Waals surface area contributed by atoms with Crippen LogP contribution in [0.15, 0.2) is 47.1 Å². The van der Waals surface area contributed by atoms with Crippen LogP contribution in [0.1, 0.15) is 22.5 Å². The highest BCUT2D eigenvalue weighted by Gasteiger charge is 2.09. The van der Waals surface area contributed by atoms with Crippen LogP contribution < -0.4 is 5.32 Å². The Bertz CT molecular complexity index is 610. The fourth-order valence-electron chi connectivity index (χ4n) is 1.64. The Balaban J connectivity index is 1.67. The molecule has 1 aromatic carbocycles. The Morgan fingerprint density at radius 1 is 1.24 bits per heavy atom. The summed E-state index contributed by atoms with van der Waals surface area (Å²) >= 11 is 5.83. The van der Waals surface area contributed by atoms with Crippen LogP contribution in [0.25, 0.3) is 0 Å². The number of carbonyl (C=O) groups is 2. The molecule has 0 unspecified atom stereocenters. The van der Waals surface area contributed by atoms with Crippen LogP contribution in [0.4, 0.5) is 0 Å². The summed E-state index contributed by atoms with van der Waals surface area (Å²) in [5.41, 5.74) is 0.815. The molecule has 0 aliphatic carbocycles. The first kappa shape index (κ1) is 15.1. The second kappa shape index (κ2) is 7.50. The van der Waals surface area contributed by atoms with Crippen molar-refractivity contribution in [2.45, 2.75) is 13.0 Å². The summed E-state index contributed by atoms with van der Waals surface area (Å²) in [5, 5.41) is 3.16. The maximum absolute atomic E-state index is 11.5. The highest BCUT2D eigenvalue weighted by Crippen LogP contribution is 2.11. The third-order valence-corrected chi connectivity index (χ3v) is 2.88. The van der Waals surface area contributed by atoms with E-state index in [9.17, 15) is 9.59 Å². The highest BCUT2D eigenvalue weighted by atomic mass is 35.5. The molecule has 0 fully saturated rings. The molecule has 1 aromatic heterocycles. The Hall–Kier alpha value is -2.27. The Labute approximate surface area is 126 Å². The molecule has 21 heavy (non-hydrogen) atoms. The number of ether oxygens (including phenoxy) is 1. The first-order chi connectivity index (χ1) is 10.1. The van der Waals surface area contributed by atoms with Crippen molar-refractivity contribution >= 4 is 23.5 Å². The van der Waals surface area contributed by atoms with Gasteiger partial charge in [-0.2, -0.15) is 0 Å². The normalized spacial score (nSPS) is 10.1. The van der Waals surface area contributed by atoms with E-state index >= 15 is 0 Å². The van der Waals surface area contributed by atoms with Crippen molar-refractivity contribution in [3.63, 3.8) is 0 Å². The summed E-state index contributed by atoms with van der Waals surface area (Å²) in [4.78, 5) is 23.1. The summed E-state index contributed by atoms with van der Waals surface area (Å²) in [6.45, 7) is 0.347. The number of benzene rings is 1. The molecule has 0 aliphatic rings. The number of nitrogens with one attached hydrogen (secondary N) is 1. The lowest BCUT2D eigenvalue weighted by molar-refractivity contribution is -0.144. The molecule has 2 aromatic rings. The van der Waals surface area contributed by atoms with Crippen molar-refractivity contribution in [2.75, 3.05) is 6.54 Å². The summed E-state index contributed by atoms with van der Waals surface area (Å²) in [6, 6.07) is 10.2. The van der Waals surface area contributed by atoms with E-state index in [4.69, 9.17) is 20.8 Å². The second-order valence-corrected chi connectivity index (χ2v) is 4.71. The van der Waals surface area contributed by atoms with Gasteiger partial charge in [0.05, 0.1) is 12.7 Å². The molecule has 1 heterocycles. The van der Waals surface area contributed by atoms with Crippen LogP contribution in [-0.4, -0.2) is 18.4 Å². The Morgan fingerprint density at radius 3 is 2.81 bits per heavy atom. The van der Waals surface area contributed by atoms with Gasteiger partial charge in [0.1, 0.15) is 6.61 Å². The number of esters is 1. The molecule has 0 bridgehead atoms. The van der Waals surface area contributed by atoms with Gasteiger partial charge in [-0.3, -0.25) is 9.59 Å². The minimum absolute atomic E-state index is 0.0903. The third-order valence-electron chi connectivity index (χ3n) is 2.65. The molecule has 1 N–H and O–H groups in total. The molecule has 2 rings (SSSR count). The van der Waals surface area contributed by atoms with Gasteiger partial charge in [-0.25, -0.2) is 0 Å². The van der Waals surface area contributed by atoms with Crippen molar-refractivity contribution in [1.82, 2.24) is 5.32 Å². The van der Waals surface area contributed by atoms with E-state index in [0.29, 0.717) is 5.02 Å². The number of hydrogen-bond donors (Lipinski definition) is 1. The van der Waals surface area contributed by atoms with Crippen LogP contribution in [0.2, 0.25) is 5.02 Å².